The Morgan fingerprint density at radius 1 is 1.03 bits per heavy atom. The van der Waals surface area contributed by atoms with Crippen LogP contribution in [0.5, 0.6) is 0 Å². The molecule has 3 heterocycles. The van der Waals surface area contributed by atoms with Crippen molar-refractivity contribution in [3.8, 4) is 0 Å². The Hall–Kier alpha value is -3.71. The highest BCUT2D eigenvalue weighted by molar-refractivity contribution is 7.22. The molecule has 6 nitrogen and oxygen atoms in total. The van der Waals surface area contributed by atoms with Crippen molar-refractivity contribution >= 4 is 44.2 Å². The molecule has 0 saturated carbocycles. The summed E-state index contributed by atoms with van der Waals surface area (Å²) in [5, 5.41) is 4.40. The number of aromatic nitrogens is 1. The smallest absolute Gasteiger partial charge is 0.260 e. The topological polar surface area (TPSA) is 60.8 Å². The Bertz CT molecular complexity index is 1330. The molecule has 2 aliphatic heterocycles. The molecule has 0 spiro atoms. The molecule has 7 heteroatoms. The number of benzene rings is 3. The molecule has 35 heavy (non-hydrogen) atoms. The minimum absolute atomic E-state index is 0.0243. The van der Waals surface area contributed by atoms with Crippen LogP contribution in [0.25, 0.3) is 10.2 Å². The van der Waals surface area contributed by atoms with Gasteiger partial charge in [-0.2, -0.15) is 0 Å². The average Bonchev–Trinajstić information content (AvgIpc) is 3.61. The first-order valence-corrected chi connectivity index (χ1v) is 13.0. The van der Waals surface area contributed by atoms with E-state index < -0.39 is 0 Å². The fourth-order valence-corrected chi connectivity index (χ4v) is 5.78. The number of guanidine groups is 1. The van der Waals surface area contributed by atoms with Crippen LogP contribution in [0.2, 0.25) is 0 Å². The molecule has 3 aromatic carbocycles. The van der Waals surface area contributed by atoms with Crippen LogP contribution in [0.3, 0.4) is 0 Å². The summed E-state index contributed by atoms with van der Waals surface area (Å²) in [6.45, 7) is 2.49. The van der Waals surface area contributed by atoms with Crippen molar-refractivity contribution in [1.29, 1.82) is 0 Å². The Kier molecular flexibility index (Phi) is 5.92. The second-order valence-corrected chi connectivity index (χ2v) is 10.0. The quantitative estimate of drug-likeness (QED) is 0.392. The number of rotatable bonds is 6. The third-order valence-electron chi connectivity index (χ3n) is 6.68. The van der Waals surface area contributed by atoms with Crippen molar-refractivity contribution in [2.75, 3.05) is 25.0 Å². The van der Waals surface area contributed by atoms with Crippen molar-refractivity contribution in [3.63, 3.8) is 0 Å². The highest BCUT2D eigenvalue weighted by Gasteiger charge is 2.41. The number of thiazole rings is 1. The molecular formula is C28H27N5OS. The first-order chi connectivity index (χ1) is 17.2. The van der Waals surface area contributed by atoms with Crippen molar-refractivity contribution in [2.24, 2.45) is 4.99 Å². The number of carbonyl (C=O) groups excluding carboxylic acids is 1. The molecular weight excluding hydrogens is 454 g/mol. The van der Waals surface area contributed by atoms with E-state index in [1.165, 1.54) is 10.3 Å². The second kappa shape index (κ2) is 9.50. The van der Waals surface area contributed by atoms with E-state index in [0.717, 1.165) is 54.6 Å². The summed E-state index contributed by atoms with van der Waals surface area (Å²) in [6, 6.07) is 26.4. The molecule has 1 N–H and O–H groups in total. The SMILES string of the molecule is O=C(c1ccccc1)N1CC2CCCN2C1=Nc1ccc(CCNc2nc3ccccc3s2)cc1. The minimum Gasteiger partial charge on any atom is -0.361 e. The van der Waals surface area contributed by atoms with Gasteiger partial charge in [0.2, 0.25) is 5.96 Å². The summed E-state index contributed by atoms with van der Waals surface area (Å²) in [5.41, 5.74) is 3.86. The molecule has 2 fully saturated rings. The Labute approximate surface area is 208 Å². The number of nitrogens with zero attached hydrogens (tertiary/aromatic N) is 4. The van der Waals surface area contributed by atoms with E-state index in [0.29, 0.717) is 18.2 Å². The number of carbonyl (C=O) groups is 1. The van der Waals surface area contributed by atoms with E-state index in [1.807, 2.05) is 53.4 Å². The van der Waals surface area contributed by atoms with Gasteiger partial charge in [0.1, 0.15) is 0 Å². The number of nitrogens with one attached hydrogen (secondary N) is 1. The van der Waals surface area contributed by atoms with Crippen molar-refractivity contribution < 1.29 is 4.79 Å². The zero-order valence-corrected chi connectivity index (χ0v) is 20.2. The average molecular weight is 482 g/mol. The van der Waals surface area contributed by atoms with Crippen LogP contribution in [0.4, 0.5) is 10.8 Å². The molecule has 1 amide bonds. The minimum atomic E-state index is 0.0243. The number of anilines is 1. The predicted octanol–water partition coefficient (Wildman–Crippen LogP) is 5.56. The number of para-hydroxylation sites is 1. The van der Waals surface area contributed by atoms with Crippen LogP contribution in [-0.4, -0.2) is 52.3 Å². The van der Waals surface area contributed by atoms with E-state index in [2.05, 4.69) is 45.5 Å². The van der Waals surface area contributed by atoms with Gasteiger partial charge in [-0.1, -0.05) is 53.8 Å². The van der Waals surface area contributed by atoms with Crippen LogP contribution in [0.1, 0.15) is 28.8 Å². The largest absolute Gasteiger partial charge is 0.361 e. The number of aliphatic imine (C=N–C) groups is 1. The maximum atomic E-state index is 13.2. The fraction of sp³-hybridized carbons (Fsp3) is 0.250. The number of amides is 1. The Morgan fingerprint density at radius 3 is 2.66 bits per heavy atom. The standard InChI is InChI=1S/C28H27N5OS/c34-26(21-7-2-1-3-8-21)33-19-23-9-6-18-32(23)28(33)30-22-14-12-20(13-15-22)16-17-29-27-31-24-10-4-5-11-25(24)35-27/h1-5,7-8,10-15,23H,6,9,16-19H2,(H,29,31). The number of hydrogen-bond acceptors (Lipinski definition) is 5. The van der Waals surface area contributed by atoms with E-state index in [-0.39, 0.29) is 5.91 Å². The summed E-state index contributed by atoms with van der Waals surface area (Å²) < 4.78 is 1.20. The first kappa shape index (κ1) is 21.8. The first-order valence-electron chi connectivity index (χ1n) is 12.2. The van der Waals surface area contributed by atoms with Crippen molar-refractivity contribution in [1.82, 2.24) is 14.8 Å². The molecule has 1 aromatic heterocycles. The number of hydrogen-bond donors (Lipinski definition) is 1. The molecule has 1 unspecified atom stereocenters. The highest BCUT2D eigenvalue weighted by Crippen LogP contribution is 2.30. The van der Waals surface area contributed by atoms with Gasteiger partial charge in [-0.3, -0.25) is 9.69 Å². The van der Waals surface area contributed by atoms with E-state index >= 15 is 0 Å². The van der Waals surface area contributed by atoms with E-state index in [9.17, 15) is 4.79 Å². The lowest BCUT2D eigenvalue weighted by molar-refractivity contribution is 0.0854. The predicted molar refractivity (Wildman–Crippen MR) is 143 cm³/mol. The third-order valence-corrected chi connectivity index (χ3v) is 7.68. The van der Waals surface area contributed by atoms with Crippen LogP contribution in [0.15, 0.2) is 83.9 Å². The van der Waals surface area contributed by atoms with Gasteiger partial charge in [-0.05, 0) is 61.2 Å². The summed E-state index contributed by atoms with van der Waals surface area (Å²) in [5.74, 6) is 0.808. The van der Waals surface area contributed by atoms with Gasteiger partial charge in [-0.25, -0.2) is 9.98 Å². The maximum Gasteiger partial charge on any atom is 0.260 e. The monoisotopic (exact) mass is 481 g/mol. The summed E-state index contributed by atoms with van der Waals surface area (Å²) >= 11 is 1.68. The van der Waals surface area contributed by atoms with Gasteiger partial charge in [0.15, 0.2) is 5.13 Å². The summed E-state index contributed by atoms with van der Waals surface area (Å²) in [4.78, 5) is 27.0. The normalized spacial score (nSPS) is 18.4. The van der Waals surface area contributed by atoms with Gasteiger partial charge in [0, 0.05) is 25.2 Å². The maximum absolute atomic E-state index is 13.2. The molecule has 4 aromatic rings. The van der Waals surface area contributed by atoms with Crippen LogP contribution >= 0.6 is 11.3 Å². The summed E-state index contributed by atoms with van der Waals surface area (Å²) in [7, 11) is 0. The Balaban J connectivity index is 1.14. The molecule has 2 aliphatic rings. The fourth-order valence-electron chi connectivity index (χ4n) is 4.89. The lowest BCUT2D eigenvalue weighted by atomic mass is 10.1. The van der Waals surface area contributed by atoms with Crippen molar-refractivity contribution in [2.45, 2.75) is 25.3 Å². The molecule has 0 bridgehead atoms. The molecule has 0 radical (unpaired) electrons. The lowest BCUT2D eigenvalue weighted by Gasteiger charge is -2.21. The highest BCUT2D eigenvalue weighted by atomic mass is 32.1. The van der Waals surface area contributed by atoms with Crippen molar-refractivity contribution in [3.05, 3.63) is 90.0 Å². The van der Waals surface area contributed by atoms with Gasteiger partial charge in [-0.15, -0.1) is 0 Å². The Morgan fingerprint density at radius 2 is 1.83 bits per heavy atom. The zero-order chi connectivity index (χ0) is 23.6. The van der Waals surface area contributed by atoms with Crippen LogP contribution in [0, 0.1) is 0 Å². The van der Waals surface area contributed by atoms with Crippen LogP contribution < -0.4 is 5.32 Å². The van der Waals surface area contributed by atoms with E-state index in [1.54, 1.807) is 11.3 Å². The molecule has 0 aliphatic carbocycles. The van der Waals surface area contributed by atoms with Gasteiger partial charge in [0.05, 0.1) is 21.9 Å². The second-order valence-electron chi connectivity index (χ2n) is 9.01. The molecule has 1 atom stereocenters. The summed E-state index contributed by atoms with van der Waals surface area (Å²) in [6.07, 6.45) is 3.16. The molecule has 176 valence electrons. The zero-order valence-electron chi connectivity index (χ0n) is 19.4. The third kappa shape index (κ3) is 4.51. The van der Waals surface area contributed by atoms with Gasteiger partial charge < -0.3 is 10.2 Å². The van der Waals surface area contributed by atoms with Gasteiger partial charge in [0.25, 0.3) is 5.91 Å². The van der Waals surface area contributed by atoms with E-state index in [4.69, 9.17) is 4.99 Å². The number of fused-ring (bicyclic) bond motifs is 2. The lowest BCUT2D eigenvalue weighted by Crippen LogP contribution is -2.37. The van der Waals surface area contributed by atoms with Gasteiger partial charge >= 0.3 is 0 Å². The van der Waals surface area contributed by atoms with Crippen LogP contribution in [-0.2, 0) is 6.42 Å². The molecule has 2 saturated heterocycles. The molecule has 6 rings (SSSR count).